The Morgan fingerprint density at radius 2 is 0.528 bits per heavy atom. The first-order chi connectivity index (χ1) is 32.8. The van der Waals surface area contributed by atoms with Crippen LogP contribution in [0.15, 0.2) is 0 Å². The first-order valence-electron chi connectivity index (χ1n) is 24.7. The van der Waals surface area contributed by atoms with Crippen LogP contribution in [0.3, 0.4) is 0 Å². The number of alkyl carbamates (subject to hydrolysis) is 6. The molecule has 72 heavy (non-hydrogen) atoms. The van der Waals surface area contributed by atoms with Crippen molar-refractivity contribution in [3.63, 3.8) is 0 Å². The number of anilines is 3. The van der Waals surface area contributed by atoms with Crippen LogP contribution >= 0.6 is 0 Å². The van der Waals surface area contributed by atoms with E-state index >= 15 is 0 Å². The lowest BCUT2D eigenvalue weighted by molar-refractivity contribution is 0.0451. The van der Waals surface area contributed by atoms with E-state index in [2.05, 4.69) is 47.3 Å². The number of nitrogens with zero attached hydrogens (tertiary/aromatic N) is 6. The van der Waals surface area contributed by atoms with Crippen molar-refractivity contribution in [1.82, 2.24) is 47.3 Å². The predicted octanol–water partition coefficient (Wildman–Crippen LogP) is 5.86. The van der Waals surface area contributed by atoms with Crippen molar-refractivity contribution in [2.24, 2.45) is 0 Å². The fraction of sp³-hybridized carbons (Fsp3) is 0.812. The van der Waals surface area contributed by atoms with Gasteiger partial charge in [-0.3, -0.25) is 0 Å². The van der Waals surface area contributed by atoms with Crippen LogP contribution in [0.2, 0.25) is 0 Å². The largest absolute Gasteiger partial charge is 0.444 e. The lowest BCUT2D eigenvalue weighted by Crippen LogP contribution is -2.60. The molecule has 1 aromatic heterocycles. The highest BCUT2D eigenvalue weighted by atomic mass is 16.6. The Morgan fingerprint density at radius 1 is 0.347 bits per heavy atom. The smallest absolute Gasteiger partial charge is 0.407 e. The van der Waals surface area contributed by atoms with Crippen LogP contribution in [-0.4, -0.2) is 161 Å². The highest BCUT2D eigenvalue weighted by Gasteiger charge is 2.41. The van der Waals surface area contributed by atoms with Crippen LogP contribution in [-0.2, 0) is 28.4 Å². The second-order valence-corrected chi connectivity index (χ2v) is 24.8. The summed E-state index contributed by atoms with van der Waals surface area (Å²) < 4.78 is 34.0. The van der Waals surface area contributed by atoms with E-state index in [9.17, 15) is 28.8 Å². The van der Waals surface area contributed by atoms with Crippen LogP contribution in [0.5, 0.6) is 0 Å². The number of hydrogen-bond acceptors (Lipinski definition) is 18. The summed E-state index contributed by atoms with van der Waals surface area (Å²) in [6.45, 7) is 32.4. The van der Waals surface area contributed by atoms with Crippen LogP contribution in [0.4, 0.5) is 46.1 Å². The molecule has 6 atom stereocenters. The van der Waals surface area contributed by atoms with E-state index in [4.69, 9.17) is 28.4 Å². The number of carbonyl (C=O) groups is 6. The molecule has 0 saturated carbocycles. The summed E-state index contributed by atoms with van der Waals surface area (Å²) in [5.41, 5.74) is -4.50. The number of rotatable bonds is 9. The summed E-state index contributed by atoms with van der Waals surface area (Å²) in [7, 11) is 0. The van der Waals surface area contributed by atoms with Crippen molar-refractivity contribution >= 4 is 53.9 Å². The lowest BCUT2D eigenvalue weighted by atomic mass is 9.98. The zero-order chi connectivity index (χ0) is 54.4. The quantitative estimate of drug-likeness (QED) is 0.158. The first kappa shape index (κ1) is 58.6. The summed E-state index contributed by atoms with van der Waals surface area (Å²) in [5, 5.41) is 31.5. The minimum Gasteiger partial charge on any atom is -0.444 e. The molecule has 0 aromatic carbocycles. The molecule has 408 valence electrons. The highest BCUT2D eigenvalue weighted by molar-refractivity contribution is 5.81. The van der Waals surface area contributed by atoms with Crippen LogP contribution in [0, 0.1) is 0 Å². The lowest BCUT2D eigenvalue weighted by Gasteiger charge is -2.45. The number of ether oxygens (including phenoxy) is 6. The standard InChI is InChI=1S/C48H84N12O12/c1-43(2,3)67-37(61)49-28-19-29(50-38(62)68-44(4,5)6)23-58(22-28)34-35(59-24-30(51-39(63)69-45(7,8)9)20-31(25-59)52-40(64)70-46(10,11)12)55-57-56-36(34)60-26-32(53-41(65)71-47(13,14)15)21-33(27-60)54-42(66)72-48(16,17)18/h28-33H,19-27H2,1-18H3,(H,49,61)(H,50,62)(H,51,63)(H,52,64)(H,53,65)(H,54,66). The number of carbonyl (C=O) groups excluding carboxylic acids is 6. The first-order valence-corrected chi connectivity index (χ1v) is 24.7. The third-order valence-electron chi connectivity index (χ3n) is 10.3. The summed E-state index contributed by atoms with van der Waals surface area (Å²) in [6, 6.07) is -3.77. The van der Waals surface area contributed by atoms with E-state index in [1.54, 1.807) is 125 Å². The van der Waals surface area contributed by atoms with Gasteiger partial charge in [0.25, 0.3) is 0 Å². The molecule has 3 aliphatic heterocycles. The average Bonchev–Trinajstić information content (AvgIpc) is 3.12. The molecule has 6 N–H and O–H groups in total. The van der Waals surface area contributed by atoms with Crippen molar-refractivity contribution in [1.29, 1.82) is 0 Å². The van der Waals surface area contributed by atoms with E-state index in [0.717, 1.165) is 0 Å². The molecule has 6 unspecified atom stereocenters. The Bertz CT molecular complexity index is 1850. The normalized spacial score (nSPS) is 22.3. The van der Waals surface area contributed by atoms with Gasteiger partial charge in [0.05, 0.1) is 36.3 Å². The molecule has 0 bridgehead atoms. The van der Waals surface area contributed by atoms with Crippen LogP contribution in [0.25, 0.3) is 0 Å². The topological polar surface area (TPSA) is 278 Å². The van der Waals surface area contributed by atoms with Gasteiger partial charge in [0.15, 0.2) is 11.6 Å². The van der Waals surface area contributed by atoms with Crippen molar-refractivity contribution in [3.05, 3.63) is 0 Å². The van der Waals surface area contributed by atoms with Gasteiger partial charge in [-0.1, -0.05) is 0 Å². The summed E-state index contributed by atoms with van der Waals surface area (Å²) in [5.74, 6) is 0.527. The molecule has 4 rings (SSSR count). The Morgan fingerprint density at radius 3 is 0.708 bits per heavy atom. The fourth-order valence-electron chi connectivity index (χ4n) is 8.31. The van der Waals surface area contributed by atoms with Gasteiger partial charge >= 0.3 is 36.6 Å². The monoisotopic (exact) mass is 1020 g/mol. The minimum atomic E-state index is -0.823. The van der Waals surface area contributed by atoms with Crippen LogP contribution in [0.1, 0.15) is 144 Å². The van der Waals surface area contributed by atoms with Gasteiger partial charge in [0, 0.05) is 39.3 Å². The molecule has 1 aromatic rings. The fourth-order valence-corrected chi connectivity index (χ4v) is 8.31. The zero-order valence-corrected chi connectivity index (χ0v) is 45.9. The van der Waals surface area contributed by atoms with E-state index in [0.29, 0.717) is 5.69 Å². The number of piperidine rings is 3. The van der Waals surface area contributed by atoms with Crippen molar-refractivity contribution in [2.75, 3.05) is 54.0 Å². The van der Waals surface area contributed by atoms with Gasteiger partial charge < -0.3 is 75.0 Å². The molecular weight excluding hydrogens is 937 g/mol. The van der Waals surface area contributed by atoms with E-state index in [1.165, 1.54) is 0 Å². The molecule has 6 amide bonds. The third-order valence-corrected chi connectivity index (χ3v) is 10.3. The van der Waals surface area contributed by atoms with Gasteiger partial charge in [0.2, 0.25) is 0 Å². The third kappa shape index (κ3) is 21.0. The van der Waals surface area contributed by atoms with Crippen molar-refractivity contribution < 1.29 is 57.2 Å². The average molecular weight is 1020 g/mol. The Kier molecular flexibility index (Phi) is 18.6. The number of hydrogen-bond donors (Lipinski definition) is 6. The number of amides is 6. The van der Waals surface area contributed by atoms with Gasteiger partial charge in [-0.2, -0.15) is 0 Å². The second-order valence-electron chi connectivity index (χ2n) is 24.8. The molecule has 4 heterocycles. The number of nitrogens with one attached hydrogen (secondary N) is 6. The van der Waals surface area contributed by atoms with E-state index in [-0.39, 0.29) is 70.2 Å². The Labute approximate surface area is 425 Å². The highest BCUT2D eigenvalue weighted by Crippen LogP contribution is 2.39. The summed E-state index contributed by atoms with van der Waals surface area (Å²) in [4.78, 5) is 86.0. The predicted molar refractivity (Wildman–Crippen MR) is 269 cm³/mol. The van der Waals surface area contributed by atoms with Crippen LogP contribution < -0.4 is 46.6 Å². The van der Waals surface area contributed by atoms with Gasteiger partial charge in [0.1, 0.15) is 39.3 Å². The van der Waals surface area contributed by atoms with E-state index in [1.807, 2.05) is 14.7 Å². The maximum Gasteiger partial charge on any atom is 0.407 e. The minimum absolute atomic E-state index is 0.138. The zero-order valence-electron chi connectivity index (χ0n) is 45.9. The summed E-state index contributed by atoms with van der Waals surface area (Å²) >= 11 is 0. The Hall–Kier alpha value is -5.97. The van der Waals surface area contributed by atoms with Crippen molar-refractivity contribution in [2.45, 2.75) is 214 Å². The Balaban J connectivity index is 1.94. The SMILES string of the molecule is CC(C)(C)OC(=O)NC1CC(NC(=O)OC(C)(C)C)CN(c2nnnc(N3CC(NC(=O)OC(C)(C)C)CC(NC(=O)OC(C)(C)C)C3)c2N2CC(NC(=O)OC(C)(C)C)CC(NC(=O)OC(C)(C)C)C2)C1. The molecule has 0 radical (unpaired) electrons. The van der Waals surface area contributed by atoms with Gasteiger partial charge in [-0.25, -0.2) is 28.8 Å². The molecule has 3 fully saturated rings. The molecule has 3 aliphatic rings. The molecule has 24 nitrogen and oxygen atoms in total. The molecule has 3 saturated heterocycles. The van der Waals surface area contributed by atoms with E-state index < -0.39 is 106 Å². The molecular formula is C48H84N12O12. The molecule has 0 spiro atoms. The molecule has 24 heteroatoms. The van der Waals surface area contributed by atoms with Gasteiger partial charge in [-0.15, -0.1) is 10.2 Å². The maximum absolute atomic E-state index is 13.5. The summed E-state index contributed by atoms with van der Waals surface area (Å²) in [6.07, 6.45) is -3.20. The molecule has 0 aliphatic carbocycles. The maximum atomic E-state index is 13.5. The van der Waals surface area contributed by atoms with Crippen molar-refractivity contribution in [3.8, 4) is 0 Å². The second kappa shape index (κ2) is 22.8. The van der Waals surface area contributed by atoms with Gasteiger partial charge in [-0.05, 0) is 149 Å². The number of aromatic nitrogens is 3.